The maximum atomic E-state index is 4.88. The number of rotatable bonds is 5. The maximum Gasteiger partial charge on any atom is 0.163 e. The van der Waals surface area contributed by atoms with E-state index in [9.17, 15) is 0 Å². The van der Waals surface area contributed by atoms with Gasteiger partial charge in [0.15, 0.2) is 11.6 Å². The Kier molecular flexibility index (Phi) is 7.25. The van der Waals surface area contributed by atoms with Crippen molar-refractivity contribution in [1.29, 1.82) is 0 Å². The largest absolute Gasteiger partial charge is 0.309 e. The molecule has 7 aromatic carbocycles. The summed E-state index contributed by atoms with van der Waals surface area (Å²) >= 11 is 0. The van der Waals surface area contributed by atoms with E-state index in [1.165, 1.54) is 38.3 Å². The average Bonchev–Trinajstić information content (AvgIpc) is 3.71. The van der Waals surface area contributed by atoms with Crippen LogP contribution in [0.3, 0.4) is 0 Å². The van der Waals surface area contributed by atoms with Gasteiger partial charge in [-0.05, 0) is 83.9 Å². The van der Waals surface area contributed by atoms with E-state index in [1.807, 2.05) is 30.3 Å². The van der Waals surface area contributed by atoms with Gasteiger partial charge in [0.05, 0.1) is 22.1 Å². The molecule has 0 fully saturated rings. The molecule has 0 aliphatic rings. The first-order valence-corrected chi connectivity index (χ1v) is 16.8. The third-order valence-corrected chi connectivity index (χ3v) is 9.66. The molecule has 0 atom stereocenters. The van der Waals surface area contributed by atoms with Gasteiger partial charge in [-0.25, -0.2) is 15.0 Å². The number of para-hydroxylation sites is 3. The standard InChI is InChI=1S/C45H29N5.CH4/c1-4-12-30(13-5-1)44-46-29-47-45(48-44)33-22-25-43-39(28-33)38-27-32(21-24-42(38)50(43)35-16-8-3-9-17-35)31-20-23-41-37(26-31)36-18-10-11-19-40(36)49(41)34-14-6-2-7-15-34;/h1-29H;1H4. The fourth-order valence-electron chi connectivity index (χ4n) is 7.37. The predicted octanol–water partition coefficient (Wildman–Crippen LogP) is 11.7. The summed E-state index contributed by atoms with van der Waals surface area (Å²) in [5, 5.41) is 4.80. The van der Waals surface area contributed by atoms with Crippen LogP contribution < -0.4 is 0 Å². The molecule has 0 saturated carbocycles. The monoisotopic (exact) mass is 655 g/mol. The second-order valence-electron chi connectivity index (χ2n) is 12.6. The molecule has 51 heavy (non-hydrogen) atoms. The minimum absolute atomic E-state index is 0. The van der Waals surface area contributed by atoms with E-state index >= 15 is 0 Å². The lowest BCUT2D eigenvalue weighted by Crippen LogP contribution is -1.95. The summed E-state index contributed by atoms with van der Waals surface area (Å²) in [5.74, 6) is 1.31. The first kappa shape index (κ1) is 30.2. The van der Waals surface area contributed by atoms with Crippen molar-refractivity contribution in [3.63, 3.8) is 0 Å². The van der Waals surface area contributed by atoms with Gasteiger partial charge in [0.1, 0.15) is 6.33 Å². The van der Waals surface area contributed by atoms with Crippen molar-refractivity contribution >= 4 is 43.6 Å². The number of fused-ring (bicyclic) bond motifs is 6. The average molecular weight is 656 g/mol. The summed E-state index contributed by atoms with van der Waals surface area (Å²) in [6, 6.07) is 60.1. The van der Waals surface area contributed by atoms with E-state index in [2.05, 4.69) is 159 Å². The fraction of sp³-hybridized carbons (Fsp3) is 0.0217. The zero-order valence-electron chi connectivity index (χ0n) is 27.0. The Labute approximate surface area is 295 Å². The van der Waals surface area contributed by atoms with Crippen LogP contribution in [0.1, 0.15) is 7.43 Å². The molecule has 0 unspecified atom stereocenters. The van der Waals surface area contributed by atoms with Gasteiger partial charge in [-0.2, -0.15) is 0 Å². The zero-order chi connectivity index (χ0) is 33.0. The number of benzene rings is 7. The molecule has 3 aromatic heterocycles. The molecule has 0 spiro atoms. The molecule has 0 radical (unpaired) electrons. The summed E-state index contributed by atoms with van der Waals surface area (Å²) in [5.41, 5.74) is 11.2. The molecule has 0 aliphatic heterocycles. The minimum atomic E-state index is 0. The molecule has 0 bridgehead atoms. The maximum absolute atomic E-state index is 4.88. The lowest BCUT2D eigenvalue weighted by molar-refractivity contribution is 1.07. The van der Waals surface area contributed by atoms with Crippen LogP contribution in [0.25, 0.3) is 88.9 Å². The van der Waals surface area contributed by atoms with Crippen LogP contribution >= 0.6 is 0 Å². The normalized spacial score (nSPS) is 11.4. The van der Waals surface area contributed by atoms with Crippen LogP contribution in [0.5, 0.6) is 0 Å². The molecule has 0 amide bonds. The molecule has 5 nitrogen and oxygen atoms in total. The molecule has 0 N–H and O–H groups in total. The third kappa shape index (κ3) is 4.98. The van der Waals surface area contributed by atoms with Crippen molar-refractivity contribution in [3.8, 4) is 45.3 Å². The highest BCUT2D eigenvalue weighted by molar-refractivity contribution is 6.13. The van der Waals surface area contributed by atoms with E-state index < -0.39 is 0 Å². The summed E-state index contributed by atoms with van der Waals surface area (Å²) in [6.07, 6.45) is 1.60. The summed E-state index contributed by atoms with van der Waals surface area (Å²) < 4.78 is 4.70. The number of aromatic nitrogens is 5. The van der Waals surface area contributed by atoms with Gasteiger partial charge in [-0.1, -0.05) is 104 Å². The van der Waals surface area contributed by atoms with Crippen LogP contribution in [-0.2, 0) is 0 Å². The second-order valence-corrected chi connectivity index (χ2v) is 12.6. The van der Waals surface area contributed by atoms with Gasteiger partial charge in [0.25, 0.3) is 0 Å². The molecule has 10 aromatic rings. The second kappa shape index (κ2) is 12.2. The van der Waals surface area contributed by atoms with Crippen LogP contribution in [0.4, 0.5) is 0 Å². The first-order valence-electron chi connectivity index (χ1n) is 16.8. The Balaban J connectivity index is 0.00000348. The summed E-state index contributed by atoms with van der Waals surface area (Å²) in [6.45, 7) is 0. The zero-order valence-corrected chi connectivity index (χ0v) is 27.0. The lowest BCUT2D eigenvalue weighted by atomic mass is 10.00. The molecule has 0 saturated heterocycles. The summed E-state index contributed by atoms with van der Waals surface area (Å²) in [7, 11) is 0. The lowest BCUT2D eigenvalue weighted by Gasteiger charge is -2.09. The van der Waals surface area contributed by atoms with Gasteiger partial charge in [0, 0.05) is 44.0 Å². The minimum Gasteiger partial charge on any atom is -0.309 e. The van der Waals surface area contributed by atoms with Crippen LogP contribution in [0.2, 0.25) is 0 Å². The van der Waals surface area contributed by atoms with Crippen molar-refractivity contribution in [2.75, 3.05) is 0 Å². The highest BCUT2D eigenvalue weighted by atomic mass is 15.0. The van der Waals surface area contributed by atoms with Gasteiger partial charge in [0.2, 0.25) is 0 Å². The van der Waals surface area contributed by atoms with Gasteiger partial charge in [-0.3, -0.25) is 0 Å². The van der Waals surface area contributed by atoms with Crippen molar-refractivity contribution < 1.29 is 0 Å². The molecule has 242 valence electrons. The van der Waals surface area contributed by atoms with Gasteiger partial charge < -0.3 is 9.13 Å². The third-order valence-electron chi connectivity index (χ3n) is 9.66. The van der Waals surface area contributed by atoms with Crippen molar-refractivity contribution in [1.82, 2.24) is 24.1 Å². The predicted molar refractivity (Wildman–Crippen MR) is 212 cm³/mol. The van der Waals surface area contributed by atoms with E-state index in [0.717, 1.165) is 38.9 Å². The molecule has 5 heteroatoms. The van der Waals surface area contributed by atoms with E-state index in [-0.39, 0.29) is 7.43 Å². The van der Waals surface area contributed by atoms with Crippen molar-refractivity contribution in [2.45, 2.75) is 7.43 Å². The van der Waals surface area contributed by atoms with Crippen molar-refractivity contribution in [3.05, 3.63) is 176 Å². The Bertz CT molecular complexity index is 2850. The van der Waals surface area contributed by atoms with Crippen LogP contribution in [0, 0.1) is 0 Å². The molecular weight excluding hydrogens is 623 g/mol. The fourth-order valence-corrected chi connectivity index (χ4v) is 7.37. The number of nitrogens with zero attached hydrogens (tertiary/aromatic N) is 5. The molecule has 3 heterocycles. The SMILES string of the molecule is C.c1ccc(-c2ncnc(-c3ccc4c(c3)c3cc(-c5ccc6c(c5)c5ccccc5n6-c5ccccc5)ccc3n4-c3ccccc3)n2)cc1. The molecule has 0 aliphatic carbocycles. The molecule has 10 rings (SSSR count). The Hall–Kier alpha value is -6.85. The first-order chi connectivity index (χ1) is 24.8. The quantitative estimate of drug-likeness (QED) is 0.185. The van der Waals surface area contributed by atoms with E-state index in [0.29, 0.717) is 11.6 Å². The van der Waals surface area contributed by atoms with Crippen molar-refractivity contribution in [2.24, 2.45) is 0 Å². The van der Waals surface area contributed by atoms with Gasteiger partial charge in [-0.15, -0.1) is 0 Å². The Morgan fingerprint density at radius 2 is 0.745 bits per heavy atom. The summed E-state index contributed by atoms with van der Waals surface area (Å²) in [4.78, 5) is 13.9. The van der Waals surface area contributed by atoms with E-state index in [4.69, 9.17) is 4.98 Å². The molecular formula is C46H33N5. The van der Waals surface area contributed by atoms with Crippen LogP contribution in [-0.4, -0.2) is 24.1 Å². The van der Waals surface area contributed by atoms with Gasteiger partial charge >= 0.3 is 0 Å². The smallest absolute Gasteiger partial charge is 0.163 e. The topological polar surface area (TPSA) is 48.5 Å². The van der Waals surface area contributed by atoms with E-state index in [1.54, 1.807) is 6.33 Å². The highest BCUT2D eigenvalue weighted by Gasteiger charge is 2.17. The Morgan fingerprint density at radius 1 is 0.333 bits per heavy atom. The number of hydrogen-bond acceptors (Lipinski definition) is 3. The Morgan fingerprint density at radius 3 is 1.31 bits per heavy atom. The number of hydrogen-bond donors (Lipinski definition) is 0. The highest BCUT2D eigenvalue weighted by Crippen LogP contribution is 2.39. The van der Waals surface area contributed by atoms with Crippen LogP contribution in [0.15, 0.2) is 176 Å².